The summed E-state index contributed by atoms with van der Waals surface area (Å²) in [4.78, 5) is 45.1. The highest BCUT2D eigenvalue weighted by molar-refractivity contribution is 7.80. The average molecular weight is 338 g/mol. The van der Waals surface area contributed by atoms with Crippen LogP contribution in [0.4, 0.5) is 0 Å². The maximum Gasteiger partial charge on any atom is 0.326 e. The lowest BCUT2D eigenvalue weighted by molar-refractivity contribution is -0.143. The Morgan fingerprint density at radius 2 is 1.52 bits per heavy atom. The Hall–Kier alpha value is -1.46. The van der Waals surface area contributed by atoms with Crippen molar-refractivity contribution in [2.24, 2.45) is 11.5 Å². The first-order chi connectivity index (χ1) is 9.72. The number of primary amides is 1. The van der Waals surface area contributed by atoms with Crippen molar-refractivity contribution >= 4 is 48.9 Å². The first kappa shape index (κ1) is 19.5. The van der Waals surface area contributed by atoms with E-state index >= 15 is 0 Å². The number of amides is 3. The third-order valence-electron chi connectivity index (χ3n) is 2.37. The lowest BCUT2D eigenvalue weighted by Gasteiger charge is -2.20. The minimum Gasteiger partial charge on any atom is -0.480 e. The predicted octanol–water partition coefficient (Wildman–Crippen LogP) is -2.90. The fourth-order valence-electron chi connectivity index (χ4n) is 1.23. The highest BCUT2D eigenvalue weighted by atomic mass is 32.1. The Labute approximate surface area is 132 Å². The number of carbonyl (C=O) groups is 4. The van der Waals surface area contributed by atoms with E-state index in [1.54, 1.807) is 0 Å². The number of nitrogens with two attached hydrogens (primary N) is 2. The molecule has 0 aliphatic heterocycles. The highest BCUT2D eigenvalue weighted by Crippen LogP contribution is 1.97. The Balaban J connectivity index is 4.73. The zero-order chi connectivity index (χ0) is 16.6. The van der Waals surface area contributed by atoms with Crippen LogP contribution >= 0.6 is 25.3 Å². The molecule has 0 bridgehead atoms. The summed E-state index contributed by atoms with van der Waals surface area (Å²) >= 11 is 7.74. The summed E-state index contributed by atoms with van der Waals surface area (Å²) in [6, 6.07) is -3.49. The third kappa shape index (κ3) is 7.20. The molecule has 0 spiro atoms. The molecule has 0 aromatic carbocycles. The van der Waals surface area contributed by atoms with Crippen LogP contribution in [-0.2, 0) is 19.2 Å². The highest BCUT2D eigenvalue weighted by Gasteiger charge is 2.27. The Bertz CT molecular complexity index is 420. The Kier molecular flexibility index (Phi) is 8.81. The van der Waals surface area contributed by atoms with E-state index in [1.165, 1.54) is 0 Å². The van der Waals surface area contributed by atoms with Crippen molar-refractivity contribution in [3.63, 3.8) is 0 Å². The van der Waals surface area contributed by atoms with Crippen molar-refractivity contribution in [1.82, 2.24) is 10.6 Å². The second-order valence-corrected chi connectivity index (χ2v) is 4.83. The van der Waals surface area contributed by atoms with Crippen molar-refractivity contribution in [3.8, 4) is 0 Å². The average Bonchev–Trinajstić information content (AvgIpc) is 2.41. The molecular formula is C10H18N4O5S2. The molecule has 9 nitrogen and oxygen atoms in total. The molecule has 0 aliphatic carbocycles. The molecule has 0 saturated heterocycles. The molecule has 7 N–H and O–H groups in total. The maximum atomic E-state index is 11.9. The van der Waals surface area contributed by atoms with E-state index in [9.17, 15) is 19.2 Å². The van der Waals surface area contributed by atoms with E-state index in [-0.39, 0.29) is 11.5 Å². The van der Waals surface area contributed by atoms with Crippen LogP contribution in [0.15, 0.2) is 0 Å². The first-order valence-corrected chi connectivity index (χ1v) is 7.08. The summed E-state index contributed by atoms with van der Waals surface area (Å²) in [5.41, 5.74) is 10.3. The molecule has 0 saturated carbocycles. The second kappa shape index (κ2) is 9.47. The van der Waals surface area contributed by atoms with Crippen molar-refractivity contribution in [2.45, 2.75) is 24.5 Å². The third-order valence-corrected chi connectivity index (χ3v) is 3.13. The van der Waals surface area contributed by atoms with E-state index in [2.05, 4.69) is 35.9 Å². The molecule has 3 amide bonds. The Morgan fingerprint density at radius 3 is 1.90 bits per heavy atom. The zero-order valence-electron chi connectivity index (χ0n) is 11.0. The van der Waals surface area contributed by atoms with Gasteiger partial charge in [-0.3, -0.25) is 14.4 Å². The SMILES string of the molecule is NC(=O)CC(NC(=O)C(CS)NC(=O)C(N)CS)C(=O)O. The molecule has 0 radical (unpaired) electrons. The van der Waals surface area contributed by atoms with Crippen LogP contribution in [0, 0.1) is 0 Å². The number of carboxylic acids is 1. The molecule has 0 aromatic rings. The van der Waals surface area contributed by atoms with Gasteiger partial charge in [0.25, 0.3) is 0 Å². The number of rotatable bonds is 9. The number of carbonyl (C=O) groups excluding carboxylic acids is 3. The molecule has 21 heavy (non-hydrogen) atoms. The van der Waals surface area contributed by atoms with E-state index in [0.717, 1.165) is 0 Å². The van der Waals surface area contributed by atoms with Gasteiger partial charge >= 0.3 is 5.97 Å². The number of carboxylic acid groups (broad SMARTS) is 1. The maximum absolute atomic E-state index is 11.9. The molecule has 0 rings (SSSR count). The number of aliphatic carboxylic acids is 1. The lowest BCUT2D eigenvalue weighted by atomic mass is 10.1. The van der Waals surface area contributed by atoms with Crippen LogP contribution in [0.2, 0.25) is 0 Å². The van der Waals surface area contributed by atoms with Gasteiger partial charge in [0.05, 0.1) is 12.5 Å². The number of nitrogens with one attached hydrogen (secondary N) is 2. The summed E-state index contributed by atoms with van der Waals surface area (Å²) in [6.07, 6.45) is -0.565. The van der Waals surface area contributed by atoms with E-state index < -0.39 is 48.2 Å². The largest absolute Gasteiger partial charge is 0.480 e. The summed E-state index contributed by atoms with van der Waals surface area (Å²) in [5.74, 6) is -3.74. The Morgan fingerprint density at radius 1 is 1.00 bits per heavy atom. The lowest BCUT2D eigenvalue weighted by Crippen LogP contribution is -2.56. The van der Waals surface area contributed by atoms with Crippen LogP contribution in [0.1, 0.15) is 6.42 Å². The summed E-state index contributed by atoms with van der Waals surface area (Å²) in [7, 11) is 0. The van der Waals surface area contributed by atoms with E-state index in [0.29, 0.717) is 0 Å². The fourth-order valence-corrected chi connectivity index (χ4v) is 1.65. The fraction of sp³-hybridized carbons (Fsp3) is 0.600. The number of thiol groups is 2. The summed E-state index contributed by atoms with van der Waals surface area (Å²) in [6.45, 7) is 0. The summed E-state index contributed by atoms with van der Waals surface area (Å²) in [5, 5.41) is 13.3. The van der Waals surface area contributed by atoms with Crippen LogP contribution in [-0.4, -0.2) is 58.4 Å². The monoisotopic (exact) mass is 338 g/mol. The van der Waals surface area contributed by atoms with Gasteiger partial charge in [-0.25, -0.2) is 4.79 Å². The minimum absolute atomic E-state index is 0.0756. The van der Waals surface area contributed by atoms with Crippen LogP contribution < -0.4 is 22.1 Å². The van der Waals surface area contributed by atoms with Gasteiger partial charge in [0.1, 0.15) is 12.1 Å². The van der Waals surface area contributed by atoms with Gasteiger partial charge in [0.15, 0.2) is 0 Å². The molecule has 0 fully saturated rings. The molecule has 3 atom stereocenters. The van der Waals surface area contributed by atoms with Crippen molar-refractivity contribution in [3.05, 3.63) is 0 Å². The van der Waals surface area contributed by atoms with Crippen LogP contribution in [0.5, 0.6) is 0 Å². The van der Waals surface area contributed by atoms with Crippen molar-refractivity contribution in [2.75, 3.05) is 11.5 Å². The molecule has 0 heterocycles. The van der Waals surface area contributed by atoms with Crippen LogP contribution in [0.3, 0.4) is 0 Å². The minimum atomic E-state index is -1.48. The zero-order valence-corrected chi connectivity index (χ0v) is 12.8. The molecule has 0 aliphatic rings. The normalized spacial score (nSPS) is 14.6. The molecule has 120 valence electrons. The standard InChI is InChI=1S/C10H18N4O5S2/c11-4(2-20)8(16)14-6(3-21)9(17)13-5(10(18)19)1-7(12)15/h4-6,20-21H,1-3,11H2,(H2,12,15)(H,13,17)(H,14,16)(H,18,19). The summed E-state index contributed by atoms with van der Waals surface area (Å²) < 4.78 is 0. The molecule has 11 heteroatoms. The number of hydrogen-bond acceptors (Lipinski definition) is 7. The topological polar surface area (TPSA) is 165 Å². The second-order valence-electron chi connectivity index (χ2n) is 4.10. The van der Waals surface area contributed by atoms with Gasteiger partial charge in [0.2, 0.25) is 17.7 Å². The van der Waals surface area contributed by atoms with E-state index in [4.69, 9.17) is 16.6 Å². The first-order valence-electron chi connectivity index (χ1n) is 5.82. The predicted molar refractivity (Wildman–Crippen MR) is 81.0 cm³/mol. The van der Waals surface area contributed by atoms with Gasteiger partial charge in [-0.1, -0.05) is 0 Å². The molecule has 0 aromatic heterocycles. The van der Waals surface area contributed by atoms with Gasteiger partial charge in [-0.05, 0) is 0 Å². The smallest absolute Gasteiger partial charge is 0.326 e. The van der Waals surface area contributed by atoms with E-state index in [1.807, 2.05) is 0 Å². The quantitative estimate of drug-likeness (QED) is 0.223. The van der Waals surface area contributed by atoms with Gasteiger partial charge < -0.3 is 27.2 Å². The van der Waals surface area contributed by atoms with Gasteiger partial charge in [-0.15, -0.1) is 0 Å². The molecule has 3 unspecified atom stereocenters. The van der Waals surface area contributed by atoms with Crippen molar-refractivity contribution < 1.29 is 24.3 Å². The van der Waals surface area contributed by atoms with Crippen LogP contribution in [0.25, 0.3) is 0 Å². The van der Waals surface area contributed by atoms with Crippen molar-refractivity contribution in [1.29, 1.82) is 0 Å². The van der Waals surface area contributed by atoms with Gasteiger partial charge in [-0.2, -0.15) is 25.3 Å². The van der Waals surface area contributed by atoms with Gasteiger partial charge in [0, 0.05) is 11.5 Å². The molecular weight excluding hydrogens is 320 g/mol. The number of hydrogen-bond donors (Lipinski definition) is 7.